The number of ether oxygens (including phenoxy) is 3. The quantitative estimate of drug-likeness (QED) is 0.600. The van der Waals surface area contributed by atoms with Crippen LogP contribution in [-0.2, 0) is 19.0 Å². The van der Waals surface area contributed by atoms with E-state index in [2.05, 4.69) is 4.74 Å². The van der Waals surface area contributed by atoms with Gasteiger partial charge in [0.05, 0.1) is 6.61 Å². The van der Waals surface area contributed by atoms with Crippen molar-refractivity contribution in [3.05, 3.63) is 0 Å². The van der Waals surface area contributed by atoms with Crippen molar-refractivity contribution in [2.24, 2.45) is 0 Å². The number of carbonyl (C=O) groups excluding carboxylic acids is 1. The highest BCUT2D eigenvalue weighted by Crippen LogP contribution is 2.10. The van der Waals surface area contributed by atoms with Crippen LogP contribution in [0.2, 0.25) is 0 Å². The predicted molar refractivity (Wildman–Crippen MR) is 43.7 cm³/mol. The number of hydrogen-bond donors (Lipinski definition) is 0. The molecule has 72 valence electrons. The Bertz CT molecular complexity index is 99.2. The van der Waals surface area contributed by atoms with E-state index in [-0.39, 0.29) is 6.29 Å². The molecule has 1 atom stereocenters. The molecule has 0 saturated carbocycles. The van der Waals surface area contributed by atoms with E-state index in [4.69, 9.17) is 9.47 Å². The fourth-order valence-corrected chi connectivity index (χ4v) is 0.802. The van der Waals surface area contributed by atoms with Crippen LogP contribution in [-0.4, -0.2) is 33.1 Å². The van der Waals surface area contributed by atoms with Gasteiger partial charge in [0.15, 0.2) is 6.29 Å². The summed E-state index contributed by atoms with van der Waals surface area (Å²) in [5.74, 6) is 0. The maximum Gasteiger partial charge on any atom is 0.293 e. The van der Waals surface area contributed by atoms with Crippen LogP contribution in [0.25, 0.3) is 0 Å². The smallest absolute Gasteiger partial charge is 0.293 e. The van der Waals surface area contributed by atoms with Crippen molar-refractivity contribution in [2.75, 3.05) is 20.3 Å². The Balaban J connectivity index is 0.000000217. The normalized spacial score (nSPS) is 21.0. The van der Waals surface area contributed by atoms with Crippen LogP contribution in [0.5, 0.6) is 0 Å². The first-order valence-corrected chi connectivity index (χ1v) is 4.04. The second-order valence-electron chi connectivity index (χ2n) is 2.23. The van der Waals surface area contributed by atoms with E-state index in [1.54, 1.807) is 14.0 Å². The van der Waals surface area contributed by atoms with Crippen LogP contribution in [0.4, 0.5) is 0 Å². The molecule has 1 aliphatic rings. The van der Waals surface area contributed by atoms with Crippen molar-refractivity contribution < 1.29 is 19.0 Å². The van der Waals surface area contributed by atoms with E-state index >= 15 is 0 Å². The molecular formula is C8H16O4. The average molecular weight is 176 g/mol. The van der Waals surface area contributed by atoms with Gasteiger partial charge < -0.3 is 14.2 Å². The Morgan fingerprint density at radius 2 is 2.42 bits per heavy atom. The molecule has 1 unspecified atom stereocenters. The average Bonchev–Trinajstić information content (AvgIpc) is 2.58. The summed E-state index contributed by atoms with van der Waals surface area (Å²) in [4.78, 5) is 9.18. The molecule has 0 radical (unpaired) electrons. The van der Waals surface area contributed by atoms with Gasteiger partial charge in [0.2, 0.25) is 0 Å². The molecule has 1 saturated heterocycles. The van der Waals surface area contributed by atoms with E-state index in [1.807, 2.05) is 0 Å². The lowest BCUT2D eigenvalue weighted by Crippen LogP contribution is -2.05. The molecule has 0 aromatic carbocycles. The van der Waals surface area contributed by atoms with Crippen LogP contribution in [0.3, 0.4) is 0 Å². The van der Waals surface area contributed by atoms with Gasteiger partial charge in [0.25, 0.3) is 6.47 Å². The monoisotopic (exact) mass is 176 g/mol. The number of hydrogen-bond acceptors (Lipinski definition) is 4. The van der Waals surface area contributed by atoms with Crippen LogP contribution in [0.1, 0.15) is 19.8 Å². The minimum atomic E-state index is 0.0972. The van der Waals surface area contributed by atoms with Crippen molar-refractivity contribution in [1.82, 2.24) is 0 Å². The molecule has 0 amide bonds. The number of rotatable bonds is 3. The molecule has 0 spiro atoms. The highest BCUT2D eigenvalue weighted by Gasteiger charge is 2.12. The van der Waals surface area contributed by atoms with Crippen LogP contribution in [0, 0.1) is 0 Å². The Kier molecular flexibility index (Phi) is 8.05. The zero-order valence-electron chi connectivity index (χ0n) is 7.62. The fraction of sp³-hybridized carbons (Fsp3) is 0.875. The third-order valence-corrected chi connectivity index (χ3v) is 1.39. The summed E-state index contributed by atoms with van der Waals surface area (Å²) in [6, 6.07) is 0. The van der Waals surface area contributed by atoms with Gasteiger partial charge in [-0.25, -0.2) is 0 Å². The highest BCUT2D eigenvalue weighted by molar-refractivity contribution is 5.36. The predicted octanol–water partition coefficient (Wildman–Crippen LogP) is 0.949. The molecule has 1 heterocycles. The third kappa shape index (κ3) is 6.12. The lowest BCUT2D eigenvalue weighted by Gasteiger charge is -2.03. The fourth-order valence-electron chi connectivity index (χ4n) is 0.802. The van der Waals surface area contributed by atoms with Gasteiger partial charge in [-0.15, -0.1) is 0 Å². The first-order chi connectivity index (χ1) is 5.85. The Morgan fingerprint density at radius 3 is 2.58 bits per heavy atom. The first kappa shape index (κ1) is 11.4. The van der Waals surface area contributed by atoms with Crippen LogP contribution >= 0.6 is 0 Å². The first-order valence-electron chi connectivity index (χ1n) is 4.04. The number of carbonyl (C=O) groups is 1. The van der Waals surface area contributed by atoms with Gasteiger partial charge in [-0.05, 0) is 13.3 Å². The van der Waals surface area contributed by atoms with E-state index in [9.17, 15) is 4.79 Å². The third-order valence-electron chi connectivity index (χ3n) is 1.39. The molecule has 0 aromatic rings. The molecule has 4 heteroatoms. The van der Waals surface area contributed by atoms with Gasteiger partial charge in [-0.2, -0.15) is 0 Å². The lowest BCUT2D eigenvalue weighted by molar-refractivity contribution is -0.128. The van der Waals surface area contributed by atoms with Crippen molar-refractivity contribution in [2.45, 2.75) is 26.1 Å². The van der Waals surface area contributed by atoms with Gasteiger partial charge >= 0.3 is 0 Å². The SMILES string of the molecule is CCOC=O.COC1CCCO1. The van der Waals surface area contributed by atoms with Crippen molar-refractivity contribution >= 4 is 6.47 Å². The minimum Gasteiger partial charge on any atom is -0.468 e. The second kappa shape index (κ2) is 8.49. The number of methoxy groups -OCH3 is 1. The zero-order valence-corrected chi connectivity index (χ0v) is 7.62. The summed E-state index contributed by atoms with van der Waals surface area (Å²) in [5, 5.41) is 0. The highest BCUT2D eigenvalue weighted by atomic mass is 16.7. The second-order valence-corrected chi connectivity index (χ2v) is 2.23. The van der Waals surface area contributed by atoms with E-state index in [1.165, 1.54) is 0 Å². The van der Waals surface area contributed by atoms with Crippen LogP contribution in [0.15, 0.2) is 0 Å². The van der Waals surface area contributed by atoms with Gasteiger partial charge in [-0.3, -0.25) is 4.79 Å². The van der Waals surface area contributed by atoms with Crippen molar-refractivity contribution in [3.8, 4) is 0 Å². The lowest BCUT2D eigenvalue weighted by atomic mass is 10.4. The topological polar surface area (TPSA) is 44.8 Å². The Hall–Kier alpha value is -0.610. The molecule has 0 aliphatic carbocycles. The minimum absolute atomic E-state index is 0.0972. The Labute approximate surface area is 72.8 Å². The molecule has 12 heavy (non-hydrogen) atoms. The maximum atomic E-state index is 9.18. The summed E-state index contributed by atoms with van der Waals surface area (Å²) >= 11 is 0. The summed E-state index contributed by atoms with van der Waals surface area (Å²) < 4.78 is 14.1. The molecule has 0 aromatic heterocycles. The summed E-state index contributed by atoms with van der Waals surface area (Å²) in [6.45, 7) is 3.54. The van der Waals surface area contributed by atoms with Gasteiger partial charge in [0.1, 0.15) is 0 Å². The molecule has 0 N–H and O–H groups in total. The van der Waals surface area contributed by atoms with Crippen molar-refractivity contribution in [1.29, 1.82) is 0 Å². The molecule has 1 aliphatic heterocycles. The standard InChI is InChI=1S/C5H10O2.C3H6O2/c1-6-5-3-2-4-7-5;1-2-5-3-4/h5H,2-4H2,1H3;3H,2H2,1H3. The van der Waals surface area contributed by atoms with E-state index in [0.29, 0.717) is 13.1 Å². The zero-order chi connectivity index (χ0) is 9.23. The molecular weight excluding hydrogens is 160 g/mol. The summed E-state index contributed by atoms with van der Waals surface area (Å²) in [5.41, 5.74) is 0. The van der Waals surface area contributed by atoms with Crippen molar-refractivity contribution in [3.63, 3.8) is 0 Å². The van der Waals surface area contributed by atoms with Gasteiger partial charge in [-0.1, -0.05) is 0 Å². The molecule has 1 rings (SSSR count). The van der Waals surface area contributed by atoms with E-state index in [0.717, 1.165) is 19.4 Å². The summed E-state index contributed by atoms with van der Waals surface area (Å²) in [7, 11) is 1.68. The van der Waals surface area contributed by atoms with E-state index < -0.39 is 0 Å². The summed E-state index contributed by atoms with van der Waals surface area (Å²) in [6.07, 6.45) is 2.31. The Morgan fingerprint density at radius 1 is 1.67 bits per heavy atom. The van der Waals surface area contributed by atoms with Crippen LogP contribution < -0.4 is 0 Å². The molecule has 4 nitrogen and oxygen atoms in total. The van der Waals surface area contributed by atoms with Gasteiger partial charge in [0, 0.05) is 20.1 Å². The maximum absolute atomic E-state index is 9.18. The molecule has 0 bridgehead atoms. The largest absolute Gasteiger partial charge is 0.468 e. The molecule has 1 fully saturated rings.